The summed E-state index contributed by atoms with van der Waals surface area (Å²) in [6.07, 6.45) is 5.19. The van der Waals surface area contributed by atoms with Gasteiger partial charge in [-0.25, -0.2) is 4.79 Å². The lowest BCUT2D eigenvalue weighted by molar-refractivity contribution is -0.141. The highest BCUT2D eigenvalue weighted by atomic mass is 16.4. The summed E-state index contributed by atoms with van der Waals surface area (Å²) in [5.41, 5.74) is -1.43. The fourth-order valence-electron chi connectivity index (χ4n) is 1.63. The van der Waals surface area contributed by atoms with Gasteiger partial charge in [-0.05, 0) is 19.8 Å². The van der Waals surface area contributed by atoms with Crippen LogP contribution in [0, 0.1) is 0 Å². The van der Waals surface area contributed by atoms with Crippen LogP contribution in [0.2, 0.25) is 0 Å². The van der Waals surface area contributed by atoms with Crippen LogP contribution in [0.4, 0.5) is 4.79 Å². The maximum absolute atomic E-state index is 11.4. The van der Waals surface area contributed by atoms with Crippen molar-refractivity contribution < 1.29 is 19.8 Å². The first kappa shape index (κ1) is 13.5. The molecule has 0 radical (unpaired) electrons. The smallest absolute Gasteiger partial charge is 0.315 e. The molecule has 0 aromatic heterocycles. The number of hydrogen-bond donors (Lipinski definition) is 4. The number of carboxylic acids is 1. The number of rotatable bonds is 5. The Morgan fingerprint density at radius 2 is 2.00 bits per heavy atom. The molecule has 1 aliphatic rings. The lowest BCUT2D eigenvalue weighted by Crippen LogP contribution is -2.47. The van der Waals surface area contributed by atoms with Gasteiger partial charge >= 0.3 is 12.0 Å². The second kappa shape index (κ2) is 5.67. The first-order valence-electron chi connectivity index (χ1n) is 5.52. The molecule has 6 nitrogen and oxygen atoms in total. The van der Waals surface area contributed by atoms with Crippen LogP contribution in [0.1, 0.15) is 26.2 Å². The van der Waals surface area contributed by atoms with Crippen LogP contribution in [0.15, 0.2) is 12.2 Å². The van der Waals surface area contributed by atoms with E-state index in [9.17, 15) is 14.7 Å². The maximum Gasteiger partial charge on any atom is 0.315 e. The van der Waals surface area contributed by atoms with E-state index in [0.29, 0.717) is 0 Å². The van der Waals surface area contributed by atoms with Crippen LogP contribution in [-0.4, -0.2) is 40.4 Å². The SMILES string of the molecule is CC(O)(CNC(=O)NC1CC=CC1)CC(=O)O. The second-order valence-electron chi connectivity index (χ2n) is 4.53. The Bertz CT molecular complexity index is 317. The molecule has 1 atom stereocenters. The van der Waals surface area contributed by atoms with Crippen molar-refractivity contribution in [3.8, 4) is 0 Å². The average Bonchev–Trinajstić information content (AvgIpc) is 2.65. The number of aliphatic hydroxyl groups is 1. The Morgan fingerprint density at radius 3 is 2.53 bits per heavy atom. The molecule has 0 saturated heterocycles. The zero-order valence-corrected chi connectivity index (χ0v) is 9.77. The Balaban J connectivity index is 2.24. The van der Waals surface area contributed by atoms with E-state index in [-0.39, 0.29) is 18.6 Å². The number of hydrogen-bond acceptors (Lipinski definition) is 3. The number of carbonyl (C=O) groups is 2. The van der Waals surface area contributed by atoms with E-state index in [1.54, 1.807) is 0 Å². The molecule has 0 saturated carbocycles. The monoisotopic (exact) mass is 242 g/mol. The number of carboxylic acid groups (broad SMARTS) is 1. The van der Waals surface area contributed by atoms with Gasteiger partial charge in [-0.1, -0.05) is 12.2 Å². The van der Waals surface area contributed by atoms with E-state index >= 15 is 0 Å². The third kappa shape index (κ3) is 5.35. The van der Waals surface area contributed by atoms with Gasteiger partial charge in [0.05, 0.1) is 12.0 Å². The van der Waals surface area contributed by atoms with Gasteiger partial charge in [-0.15, -0.1) is 0 Å². The van der Waals surface area contributed by atoms with Crippen molar-refractivity contribution in [3.05, 3.63) is 12.2 Å². The molecule has 0 spiro atoms. The molecule has 1 unspecified atom stereocenters. The van der Waals surface area contributed by atoms with E-state index in [4.69, 9.17) is 5.11 Å². The van der Waals surface area contributed by atoms with E-state index in [1.165, 1.54) is 6.92 Å². The highest BCUT2D eigenvalue weighted by Gasteiger charge is 2.25. The number of carbonyl (C=O) groups excluding carboxylic acids is 1. The molecule has 0 aromatic rings. The minimum absolute atomic E-state index is 0.0920. The highest BCUT2D eigenvalue weighted by Crippen LogP contribution is 2.09. The van der Waals surface area contributed by atoms with Gasteiger partial charge in [0.1, 0.15) is 0 Å². The molecule has 17 heavy (non-hydrogen) atoms. The van der Waals surface area contributed by atoms with E-state index in [1.807, 2.05) is 12.2 Å². The van der Waals surface area contributed by atoms with Crippen molar-refractivity contribution >= 4 is 12.0 Å². The van der Waals surface area contributed by atoms with Gasteiger partial charge in [0.15, 0.2) is 0 Å². The molecule has 0 aromatic carbocycles. The summed E-state index contributed by atoms with van der Waals surface area (Å²) >= 11 is 0. The molecule has 6 heteroatoms. The quantitative estimate of drug-likeness (QED) is 0.519. The van der Waals surface area contributed by atoms with Crippen molar-refractivity contribution in [2.24, 2.45) is 0 Å². The molecular formula is C11H18N2O4. The van der Waals surface area contributed by atoms with Crippen LogP contribution in [0.5, 0.6) is 0 Å². The molecule has 96 valence electrons. The van der Waals surface area contributed by atoms with E-state index < -0.39 is 18.0 Å². The molecule has 2 amide bonds. The minimum atomic E-state index is -1.43. The van der Waals surface area contributed by atoms with Gasteiger partial charge in [0.2, 0.25) is 0 Å². The van der Waals surface area contributed by atoms with Crippen LogP contribution < -0.4 is 10.6 Å². The predicted octanol–water partition coefficient (Wildman–Crippen LogP) is 0.230. The number of urea groups is 1. The second-order valence-corrected chi connectivity index (χ2v) is 4.53. The summed E-state index contributed by atoms with van der Waals surface area (Å²) in [6, 6.07) is -0.288. The molecule has 0 fully saturated rings. The summed E-state index contributed by atoms with van der Waals surface area (Å²) in [7, 11) is 0. The van der Waals surface area contributed by atoms with Crippen LogP contribution in [0.3, 0.4) is 0 Å². The van der Waals surface area contributed by atoms with Crippen molar-refractivity contribution in [1.29, 1.82) is 0 Å². The number of nitrogens with one attached hydrogen (secondary N) is 2. The Hall–Kier alpha value is -1.56. The zero-order chi connectivity index (χ0) is 12.9. The minimum Gasteiger partial charge on any atom is -0.481 e. The van der Waals surface area contributed by atoms with Crippen molar-refractivity contribution in [1.82, 2.24) is 10.6 Å². The Morgan fingerprint density at radius 1 is 1.41 bits per heavy atom. The average molecular weight is 242 g/mol. The summed E-state index contributed by atoms with van der Waals surface area (Å²) in [4.78, 5) is 21.9. The standard InChI is InChI=1S/C11H18N2O4/c1-11(17,6-9(14)15)7-12-10(16)13-8-4-2-3-5-8/h2-3,8,17H,4-7H2,1H3,(H,14,15)(H2,12,13,16). The summed E-state index contributed by atoms with van der Waals surface area (Å²) in [5.74, 6) is -1.10. The van der Waals surface area contributed by atoms with Gasteiger partial charge < -0.3 is 20.8 Å². The van der Waals surface area contributed by atoms with Gasteiger partial charge in [0, 0.05) is 12.6 Å². The lowest BCUT2D eigenvalue weighted by Gasteiger charge is -2.22. The fraction of sp³-hybridized carbons (Fsp3) is 0.636. The largest absolute Gasteiger partial charge is 0.481 e. The lowest BCUT2D eigenvalue weighted by atomic mass is 10.0. The van der Waals surface area contributed by atoms with Crippen molar-refractivity contribution in [2.75, 3.05) is 6.54 Å². The first-order chi connectivity index (χ1) is 7.89. The third-order valence-electron chi connectivity index (χ3n) is 2.50. The van der Waals surface area contributed by atoms with Crippen LogP contribution in [-0.2, 0) is 4.79 Å². The molecule has 0 heterocycles. The number of amides is 2. The van der Waals surface area contributed by atoms with Gasteiger partial charge in [-0.2, -0.15) is 0 Å². The predicted molar refractivity (Wildman–Crippen MR) is 61.6 cm³/mol. The van der Waals surface area contributed by atoms with E-state index in [2.05, 4.69) is 10.6 Å². The normalized spacial score (nSPS) is 18.7. The highest BCUT2D eigenvalue weighted by molar-refractivity contribution is 5.74. The first-order valence-corrected chi connectivity index (χ1v) is 5.52. The fourth-order valence-corrected chi connectivity index (χ4v) is 1.63. The third-order valence-corrected chi connectivity index (χ3v) is 2.50. The van der Waals surface area contributed by atoms with Gasteiger partial charge in [0.25, 0.3) is 0 Å². The van der Waals surface area contributed by atoms with Crippen molar-refractivity contribution in [3.63, 3.8) is 0 Å². The van der Waals surface area contributed by atoms with E-state index in [0.717, 1.165) is 12.8 Å². The summed E-state index contributed by atoms with van der Waals surface area (Å²) in [6.45, 7) is 1.28. The molecule has 0 bridgehead atoms. The van der Waals surface area contributed by atoms with Crippen LogP contribution in [0.25, 0.3) is 0 Å². The molecule has 1 aliphatic carbocycles. The van der Waals surface area contributed by atoms with Crippen molar-refractivity contribution in [2.45, 2.75) is 37.8 Å². The summed E-state index contributed by atoms with van der Waals surface area (Å²) < 4.78 is 0. The topological polar surface area (TPSA) is 98.7 Å². The molecule has 4 N–H and O–H groups in total. The Labute approximate surface area is 99.7 Å². The number of aliphatic carboxylic acids is 1. The maximum atomic E-state index is 11.4. The molecular weight excluding hydrogens is 224 g/mol. The molecule has 1 rings (SSSR count). The Kier molecular flexibility index (Phi) is 4.51. The van der Waals surface area contributed by atoms with Gasteiger partial charge in [-0.3, -0.25) is 4.79 Å². The molecule has 0 aliphatic heterocycles. The zero-order valence-electron chi connectivity index (χ0n) is 9.77. The van der Waals surface area contributed by atoms with Crippen LogP contribution >= 0.6 is 0 Å². The summed E-state index contributed by atoms with van der Waals surface area (Å²) in [5, 5.41) is 23.4.